The molecule has 24 heavy (non-hydrogen) atoms. The van der Waals surface area contributed by atoms with E-state index in [0.717, 1.165) is 19.2 Å². The minimum absolute atomic E-state index is 0.0535. The molecule has 1 aromatic heterocycles. The van der Waals surface area contributed by atoms with Gasteiger partial charge in [0, 0.05) is 17.8 Å². The molecule has 0 fully saturated rings. The first-order chi connectivity index (χ1) is 11.4. The van der Waals surface area contributed by atoms with Crippen LogP contribution in [-0.2, 0) is 9.53 Å². The quantitative estimate of drug-likeness (QED) is 0.820. The van der Waals surface area contributed by atoms with E-state index in [1.807, 2.05) is 6.07 Å². The summed E-state index contributed by atoms with van der Waals surface area (Å²) in [6, 6.07) is 4.94. The first-order valence-corrected chi connectivity index (χ1v) is 6.85. The lowest BCUT2D eigenvalue weighted by molar-refractivity contribution is -0.141. The number of methoxy groups -OCH3 is 1. The molecule has 0 saturated heterocycles. The molecule has 2 aromatic rings. The van der Waals surface area contributed by atoms with Crippen LogP contribution in [0.2, 0.25) is 0 Å². The summed E-state index contributed by atoms with van der Waals surface area (Å²) in [4.78, 5) is 26.3. The summed E-state index contributed by atoms with van der Waals surface area (Å²) >= 11 is 0. The Morgan fingerprint density at radius 2 is 2.12 bits per heavy atom. The van der Waals surface area contributed by atoms with Gasteiger partial charge in [-0.25, -0.2) is 8.78 Å². The molecule has 2 N–H and O–H groups in total. The molecule has 8 heteroatoms. The minimum atomic E-state index is -1.06. The molecule has 0 aliphatic rings. The molecule has 6 nitrogen and oxygen atoms in total. The van der Waals surface area contributed by atoms with Crippen molar-refractivity contribution in [3.63, 3.8) is 0 Å². The fourth-order valence-electron chi connectivity index (χ4n) is 2.10. The monoisotopic (exact) mass is 333 g/mol. The number of hydrogen-bond acceptors (Lipinski definition) is 4. The molecule has 1 amide bonds. The van der Waals surface area contributed by atoms with Crippen LogP contribution in [-0.4, -0.2) is 24.0 Å². The van der Waals surface area contributed by atoms with Crippen molar-refractivity contribution in [3.8, 4) is 6.07 Å². The van der Waals surface area contributed by atoms with Gasteiger partial charge in [0.15, 0.2) is 0 Å². The van der Waals surface area contributed by atoms with Gasteiger partial charge in [0.2, 0.25) is 0 Å². The lowest BCUT2D eigenvalue weighted by atomic mass is 10.0. The van der Waals surface area contributed by atoms with E-state index in [1.165, 1.54) is 12.3 Å². The van der Waals surface area contributed by atoms with Crippen LogP contribution in [0.4, 0.5) is 8.78 Å². The average Bonchev–Trinajstić information content (AvgIpc) is 3.03. The maximum Gasteiger partial charge on any atom is 0.307 e. The van der Waals surface area contributed by atoms with Crippen molar-refractivity contribution in [3.05, 3.63) is 58.9 Å². The number of benzene rings is 1. The van der Waals surface area contributed by atoms with Crippen LogP contribution < -0.4 is 5.32 Å². The maximum atomic E-state index is 14.0. The van der Waals surface area contributed by atoms with Gasteiger partial charge in [-0.15, -0.1) is 0 Å². The summed E-state index contributed by atoms with van der Waals surface area (Å²) < 4.78 is 31.6. The predicted octanol–water partition coefficient (Wildman–Crippen LogP) is 2.20. The highest BCUT2D eigenvalue weighted by Crippen LogP contribution is 2.22. The van der Waals surface area contributed by atoms with E-state index >= 15 is 0 Å². The second kappa shape index (κ2) is 7.37. The fourth-order valence-corrected chi connectivity index (χ4v) is 2.10. The molecule has 1 atom stereocenters. The van der Waals surface area contributed by atoms with Crippen molar-refractivity contribution in [2.24, 2.45) is 0 Å². The molecular formula is C16H13F2N3O3. The van der Waals surface area contributed by atoms with Crippen molar-refractivity contribution >= 4 is 11.9 Å². The molecule has 1 aromatic carbocycles. The van der Waals surface area contributed by atoms with Crippen molar-refractivity contribution in [2.75, 3.05) is 7.11 Å². The molecular weight excluding hydrogens is 320 g/mol. The van der Waals surface area contributed by atoms with E-state index in [2.05, 4.69) is 15.0 Å². The Hall–Kier alpha value is -3.21. The molecule has 0 unspecified atom stereocenters. The standard InChI is InChI=1S/C16H13F2N3O3/c1-24-15(22)6-13(11-3-2-10(17)5-12(11)18)21-16(23)14-4-9(7-19)8-20-14/h2-5,8,13,20H,6H2,1H3,(H,21,23)/t13-/m1/s1. The smallest absolute Gasteiger partial charge is 0.307 e. The Kier molecular flexibility index (Phi) is 5.27. The number of rotatable bonds is 5. The third-order valence-corrected chi connectivity index (χ3v) is 3.30. The van der Waals surface area contributed by atoms with Gasteiger partial charge >= 0.3 is 5.97 Å². The highest BCUT2D eigenvalue weighted by molar-refractivity contribution is 5.93. The van der Waals surface area contributed by atoms with Crippen LogP contribution in [0.1, 0.15) is 34.1 Å². The van der Waals surface area contributed by atoms with Crippen molar-refractivity contribution in [2.45, 2.75) is 12.5 Å². The topological polar surface area (TPSA) is 95.0 Å². The summed E-state index contributed by atoms with van der Waals surface area (Å²) in [6.07, 6.45) is 0.999. The van der Waals surface area contributed by atoms with E-state index in [0.29, 0.717) is 6.07 Å². The predicted molar refractivity (Wildman–Crippen MR) is 78.7 cm³/mol. The van der Waals surface area contributed by atoms with Gasteiger partial charge in [-0.2, -0.15) is 5.26 Å². The summed E-state index contributed by atoms with van der Waals surface area (Å²) in [5.74, 6) is -2.99. The van der Waals surface area contributed by atoms with Crippen LogP contribution in [0, 0.1) is 23.0 Å². The van der Waals surface area contributed by atoms with Crippen LogP contribution >= 0.6 is 0 Å². The highest BCUT2D eigenvalue weighted by atomic mass is 19.1. The van der Waals surface area contributed by atoms with E-state index in [1.54, 1.807) is 0 Å². The number of halogens is 2. The lowest BCUT2D eigenvalue weighted by Crippen LogP contribution is -2.31. The summed E-state index contributed by atoms with van der Waals surface area (Å²) in [5.41, 5.74) is 0.267. The fraction of sp³-hybridized carbons (Fsp3) is 0.188. The van der Waals surface area contributed by atoms with E-state index in [-0.39, 0.29) is 23.2 Å². The maximum absolute atomic E-state index is 14.0. The second-order valence-electron chi connectivity index (χ2n) is 4.89. The number of aromatic nitrogens is 1. The summed E-state index contributed by atoms with van der Waals surface area (Å²) in [6.45, 7) is 0. The largest absolute Gasteiger partial charge is 0.469 e. The van der Waals surface area contributed by atoms with Crippen LogP contribution in [0.25, 0.3) is 0 Å². The number of nitriles is 1. The van der Waals surface area contributed by atoms with Gasteiger partial charge in [-0.05, 0) is 12.1 Å². The number of esters is 1. The zero-order chi connectivity index (χ0) is 17.7. The zero-order valence-corrected chi connectivity index (χ0v) is 12.6. The third kappa shape index (κ3) is 3.95. The Morgan fingerprint density at radius 3 is 2.71 bits per heavy atom. The van der Waals surface area contributed by atoms with Gasteiger partial charge in [0.25, 0.3) is 5.91 Å². The Bertz CT molecular complexity index is 811. The average molecular weight is 333 g/mol. The van der Waals surface area contributed by atoms with E-state index in [9.17, 15) is 18.4 Å². The number of carbonyl (C=O) groups is 2. The molecule has 1 heterocycles. The lowest BCUT2D eigenvalue weighted by Gasteiger charge is -2.18. The molecule has 2 rings (SSSR count). The van der Waals surface area contributed by atoms with Gasteiger partial charge in [-0.3, -0.25) is 9.59 Å². The molecule has 124 valence electrons. The number of nitrogens with zero attached hydrogens (tertiary/aromatic N) is 1. The number of hydrogen-bond donors (Lipinski definition) is 2. The number of H-pyrrole nitrogens is 1. The van der Waals surface area contributed by atoms with E-state index < -0.39 is 29.6 Å². The molecule has 0 radical (unpaired) electrons. The van der Waals surface area contributed by atoms with Gasteiger partial charge in [0.1, 0.15) is 23.4 Å². The normalized spacial score (nSPS) is 11.4. The molecule has 0 bridgehead atoms. The Morgan fingerprint density at radius 1 is 1.38 bits per heavy atom. The van der Waals surface area contributed by atoms with Gasteiger partial charge < -0.3 is 15.0 Å². The van der Waals surface area contributed by atoms with Crippen LogP contribution in [0.15, 0.2) is 30.5 Å². The summed E-state index contributed by atoms with van der Waals surface area (Å²) in [7, 11) is 1.16. The first kappa shape index (κ1) is 17.1. The highest BCUT2D eigenvalue weighted by Gasteiger charge is 2.23. The third-order valence-electron chi connectivity index (χ3n) is 3.30. The van der Waals surface area contributed by atoms with Crippen LogP contribution in [0.3, 0.4) is 0 Å². The minimum Gasteiger partial charge on any atom is -0.469 e. The number of aromatic amines is 1. The molecule has 0 aliphatic heterocycles. The van der Waals surface area contributed by atoms with E-state index in [4.69, 9.17) is 5.26 Å². The number of carbonyl (C=O) groups excluding carboxylic acids is 2. The second-order valence-corrected chi connectivity index (χ2v) is 4.89. The SMILES string of the molecule is COC(=O)C[C@@H](NC(=O)c1cc(C#N)c[nH]1)c1ccc(F)cc1F. The van der Waals surface area contributed by atoms with Crippen molar-refractivity contribution < 1.29 is 23.1 Å². The number of ether oxygens (including phenoxy) is 1. The van der Waals surface area contributed by atoms with Gasteiger partial charge in [0.05, 0.1) is 25.1 Å². The molecule has 0 aliphatic carbocycles. The number of nitrogens with one attached hydrogen (secondary N) is 2. The molecule has 0 saturated carbocycles. The first-order valence-electron chi connectivity index (χ1n) is 6.85. The number of amides is 1. The van der Waals surface area contributed by atoms with Gasteiger partial charge in [-0.1, -0.05) is 6.07 Å². The molecule has 0 spiro atoms. The Balaban J connectivity index is 2.27. The van der Waals surface area contributed by atoms with Crippen LogP contribution in [0.5, 0.6) is 0 Å². The van der Waals surface area contributed by atoms with Crippen molar-refractivity contribution in [1.82, 2.24) is 10.3 Å². The van der Waals surface area contributed by atoms with Crippen molar-refractivity contribution in [1.29, 1.82) is 5.26 Å². The zero-order valence-electron chi connectivity index (χ0n) is 12.6. The summed E-state index contributed by atoms with van der Waals surface area (Å²) in [5, 5.41) is 11.2. The Labute approximate surface area is 136 Å².